The second kappa shape index (κ2) is 14.1. The van der Waals surface area contributed by atoms with Gasteiger partial charge in [-0.2, -0.15) is 0 Å². The molecule has 1 aliphatic heterocycles. The first-order valence-electron chi connectivity index (χ1n) is 20.3. The summed E-state index contributed by atoms with van der Waals surface area (Å²) in [6, 6.07) is 58.2. The van der Waals surface area contributed by atoms with E-state index in [0.717, 1.165) is 94.8 Å². The van der Waals surface area contributed by atoms with E-state index < -0.39 is 18.3 Å². The fourth-order valence-corrected chi connectivity index (χ4v) is 8.46. The molecule has 1 aliphatic rings. The third kappa shape index (κ3) is 6.38. The summed E-state index contributed by atoms with van der Waals surface area (Å²) < 4.78 is 17.7. The highest BCUT2D eigenvalue weighted by Crippen LogP contribution is 2.41. The maximum Gasteiger partial charge on any atom is 0.494 e. The summed E-state index contributed by atoms with van der Waals surface area (Å²) >= 11 is 0. The predicted molar refractivity (Wildman–Crippen MR) is 243 cm³/mol. The van der Waals surface area contributed by atoms with E-state index >= 15 is 0 Å². The molecule has 10 rings (SSSR count). The summed E-state index contributed by atoms with van der Waals surface area (Å²) in [4.78, 5) is 9.90. The Morgan fingerprint density at radius 2 is 0.746 bits per heavy atom. The highest BCUT2D eigenvalue weighted by atomic mass is 16.7. The summed E-state index contributed by atoms with van der Waals surface area (Å²) in [7, 11) is 3.63. The van der Waals surface area contributed by atoms with Crippen LogP contribution in [0.15, 0.2) is 164 Å². The molecule has 59 heavy (non-hydrogen) atoms. The van der Waals surface area contributed by atoms with E-state index in [1.165, 1.54) is 0 Å². The van der Waals surface area contributed by atoms with Gasteiger partial charge in [0, 0.05) is 25.2 Å². The molecule has 1 fully saturated rings. The standard InChI is InChI=1S/C52H45BN4O2/c1-51(2)52(3,4)59-53(58-51)40-32-38(43-17-9-7-15-41(43)34-23-27-36(28-24-34)49-54-45-19-11-13-21-47(45)56(49)5)31-39(33-40)44-18-10-8-16-42(44)35-25-29-37(30-26-35)50-55-46-20-12-14-22-48(46)57(50)6/h7-33H,1-6H3. The lowest BCUT2D eigenvalue weighted by atomic mass is 9.75. The summed E-state index contributed by atoms with van der Waals surface area (Å²) in [5, 5.41) is 0. The zero-order valence-electron chi connectivity index (χ0n) is 34.3. The Balaban J connectivity index is 1.06. The number of imidazole rings is 2. The number of fused-ring (bicyclic) bond motifs is 2. The molecule has 3 heterocycles. The molecule has 7 aromatic carbocycles. The number of rotatable bonds is 7. The summed E-state index contributed by atoms with van der Waals surface area (Å²) in [5.74, 6) is 1.90. The smallest absolute Gasteiger partial charge is 0.399 e. The molecule has 0 unspecified atom stereocenters. The van der Waals surface area contributed by atoms with Gasteiger partial charge < -0.3 is 18.4 Å². The van der Waals surface area contributed by atoms with Crippen LogP contribution in [0.2, 0.25) is 0 Å². The van der Waals surface area contributed by atoms with E-state index in [9.17, 15) is 0 Å². The third-order valence-electron chi connectivity index (χ3n) is 12.4. The third-order valence-corrected chi connectivity index (χ3v) is 12.4. The molecule has 0 atom stereocenters. The lowest BCUT2D eigenvalue weighted by molar-refractivity contribution is 0.00578. The molecule has 1 saturated heterocycles. The topological polar surface area (TPSA) is 54.1 Å². The van der Waals surface area contributed by atoms with Crippen molar-refractivity contribution in [3.63, 3.8) is 0 Å². The van der Waals surface area contributed by atoms with E-state index in [0.29, 0.717) is 0 Å². The van der Waals surface area contributed by atoms with Crippen molar-refractivity contribution in [2.75, 3.05) is 0 Å². The van der Waals surface area contributed by atoms with Gasteiger partial charge in [0.05, 0.1) is 33.3 Å². The van der Waals surface area contributed by atoms with Crippen molar-refractivity contribution in [3.05, 3.63) is 164 Å². The molecule has 2 aromatic heterocycles. The minimum absolute atomic E-state index is 0.481. The molecule has 288 valence electrons. The van der Waals surface area contributed by atoms with Crippen molar-refractivity contribution in [1.82, 2.24) is 19.1 Å². The van der Waals surface area contributed by atoms with Crippen molar-refractivity contribution in [3.8, 4) is 67.3 Å². The number of hydrogen-bond donors (Lipinski definition) is 0. The van der Waals surface area contributed by atoms with Crippen LogP contribution >= 0.6 is 0 Å². The Labute approximate surface area is 345 Å². The lowest BCUT2D eigenvalue weighted by Crippen LogP contribution is -2.41. The van der Waals surface area contributed by atoms with Gasteiger partial charge in [-0.3, -0.25) is 0 Å². The Kier molecular flexibility index (Phi) is 8.78. The molecule has 0 radical (unpaired) electrons. The molecule has 0 aliphatic carbocycles. The van der Waals surface area contributed by atoms with Gasteiger partial charge in [0.15, 0.2) is 0 Å². The Morgan fingerprint density at radius 3 is 1.14 bits per heavy atom. The SMILES string of the molecule is Cn1c(-c2ccc(-c3ccccc3-c3cc(B4OC(C)(C)C(C)(C)O4)cc(-c4ccccc4-c4ccc(-c5nc6ccccc6n5C)cc4)c3)cc2)nc2ccccc21. The number of para-hydroxylation sites is 4. The maximum atomic E-state index is 6.70. The van der Waals surface area contributed by atoms with E-state index in [-0.39, 0.29) is 0 Å². The predicted octanol–water partition coefficient (Wildman–Crippen LogP) is 11.8. The van der Waals surface area contributed by atoms with Crippen molar-refractivity contribution in [2.45, 2.75) is 38.9 Å². The van der Waals surface area contributed by atoms with Crippen LogP contribution in [0.3, 0.4) is 0 Å². The van der Waals surface area contributed by atoms with Crippen molar-refractivity contribution < 1.29 is 9.31 Å². The number of aromatic nitrogens is 4. The molecule has 0 amide bonds. The van der Waals surface area contributed by atoms with E-state index in [2.05, 4.69) is 203 Å². The maximum absolute atomic E-state index is 6.70. The Morgan fingerprint density at radius 1 is 0.407 bits per heavy atom. The second-order valence-electron chi connectivity index (χ2n) is 16.6. The van der Waals surface area contributed by atoms with Crippen LogP contribution in [-0.4, -0.2) is 37.4 Å². The summed E-state index contributed by atoms with van der Waals surface area (Å²) in [6.07, 6.45) is 0. The highest BCUT2D eigenvalue weighted by molar-refractivity contribution is 6.62. The Hall–Kier alpha value is -6.54. The molecule has 0 N–H and O–H groups in total. The summed E-state index contributed by atoms with van der Waals surface area (Å²) in [6.45, 7) is 8.43. The number of hydrogen-bond acceptors (Lipinski definition) is 4. The molecular weight excluding hydrogens is 723 g/mol. The molecule has 0 bridgehead atoms. The molecule has 6 nitrogen and oxygen atoms in total. The Bertz CT molecular complexity index is 2830. The zero-order valence-corrected chi connectivity index (χ0v) is 34.3. The van der Waals surface area contributed by atoms with Crippen LogP contribution < -0.4 is 5.46 Å². The van der Waals surface area contributed by atoms with Crippen LogP contribution in [0.25, 0.3) is 89.4 Å². The largest absolute Gasteiger partial charge is 0.494 e. The first kappa shape index (κ1) is 36.8. The van der Waals surface area contributed by atoms with E-state index in [1.54, 1.807) is 0 Å². The van der Waals surface area contributed by atoms with Crippen LogP contribution in [0.4, 0.5) is 0 Å². The fourth-order valence-electron chi connectivity index (χ4n) is 8.46. The molecular formula is C52H45BN4O2. The second-order valence-corrected chi connectivity index (χ2v) is 16.6. The van der Waals surface area contributed by atoms with Gasteiger partial charge in [0.2, 0.25) is 0 Å². The lowest BCUT2D eigenvalue weighted by Gasteiger charge is -2.32. The van der Waals surface area contributed by atoms with Crippen molar-refractivity contribution in [1.29, 1.82) is 0 Å². The van der Waals surface area contributed by atoms with Gasteiger partial charge in [0.1, 0.15) is 11.6 Å². The van der Waals surface area contributed by atoms with Crippen LogP contribution in [0.1, 0.15) is 27.7 Å². The highest BCUT2D eigenvalue weighted by Gasteiger charge is 2.51. The number of aryl methyl sites for hydroxylation is 2. The van der Waals surface area contributed by atoms with Crippen LogP contribution in [-0.2, 0) is 23.4 Å². The summed E-state index contributed by atoms with van der Waals surface area (Å²) in [5.41, 5.74) is 15.4. The van der Waals surface area contributed by atoms with Gasteiger partial charge in [-0.1, -0.05) is 133 Å². The molecule has 7 heteroatoms. The number of benzene rings is 7. The minimum Gasteiger partial charge on any atom is -0.399 e. The van der Waals surface area contributed by atoms with Gasteiger partial charge in [-0.25, -0.2) is 9.97 Å². The quantitative estimate of drug-likeness (QED) is 0.152. The molecule has 0 spiro atoms. The average Bonchev–Trinajstić information content (AvgIpc) is 3.86. The average molecular weight is 769 g/mol. The van der Waals surface area contributed by atoms with Gasteiger partial charge in [0.25, 0.3) is 0 Å². The number of nitrogens with zero attached hydrogens (tertiary/aromatic N) is 4. The first-order chi connectivity index (χ1) is 28.5. The zero-order chi connectivity index (χ0) is 40.5. The van der Waals surface area contributed by atoms with Crippen LogP contribution in [0, 0.1) is 0 Å². The monoisotopic (exact) mass is 768 g/mol. The molecule has 9 aromatic rings. The first-order valence-corrected chi connectivity index (χ1v) is 20.3. The van der Waals surface area contributed by atoms with Crippen LogP contribution in [0.5, 0.6) is 0 Å². The van der Waals surface area contributed by atoms with Gasteiger partial charge >= 0.3 is 7.12 Å². The molecule has 0 saturated carbocycles. The van der Waals surface area contributed by atoms with Gasteiger partial charge in [-0.15, -0.1) is 0 Å². The normalized spacial score (nSPS) is 14.7. The van der Waals surface area contributed by atoms with Crippen molar-refractivity contribution >= 4 is 34.6 Å². The van der Waals surface area contributed by atoms with E-state index in [4.69, 9.17) is 19.3 Å². The fraction of sp³-hybridized carbons (Fsp3) is 0.154. The van der Waals surface area contributed by atoms with E-state index in [1.807, 2.05) is 12.1 Å². The van der Waals surface area contributed by atoms with Crippen molar-refractivity contribution in [2.24, 2.45) is 14.1 Å². The van der Waals surface area contributed by atoms with Gasteiger partial charge in [-0.05, 0) is 108 Å². The minimum atomic E-state index is -0.529.